The minimum atomic E-state index is -0.903. The number of carbonyl (C=O) groups excluding carboxylic acids is 1. The smallest absolute Gasteiger partial charge is 0.251 e. The van der Waals surface area contributed by atoms with Crippen molar-refractivity contribution in [2.24, 2.45) is 5.73 Å². The molecule has 0 fully saturated rings. The van der Waals surface area contributed by atoms with Gasteiger partial charge in [-0.2, -0.15) is 0 Å². The van der Waals surface area contributed by atoms with Crippen molar-refractivity contribution in [3.05, 3.63) is 47.5 Å². The molecular weight excluding hydrogens is 282 g/mol. The molecule has 0 saturated heterocycles. The van der Waals surface area contributed by atoms with E-state index in [0.29, 0.717) is 0 Å². The second-order valence-electron chi connectivity index (χ2n) is 4.13. The van der Waals surface area contributed by atoms with Crippen LogP contribution < -0.4 is 20.9 Å². The van der Waals surface area contributed by atoms with E-state index < -0.39 is 17.5 Å². The molecule has 2 rings (SSSR count). The number of amides is 1. The molecular formula is C14H12F2N2O3. The molecule has 0 aromatic heterocycles. The second-order valence-corrected chi connectivity index (χ2v) is 4.13. The number of hydrogen-bond donors (Lipinski definition) is 2. The Bertz CT molecular complexity index is 705. The lowest BCUT2D eigenvalue weighted by atomic mass is 10.2. The van der Waals surface area contributed by atoms with Crippen molar-refractivity contribution < 1.29 is 23.0 Å². The highest BCUT2D eigenvalue weighted by Gasteiger charge is 2.13. The summed E-state index contributed by atoms with van der Waals surface area (Å²) in [6.45, 7) is 0. The number of benzene rings is 2. The largest absolute Gasteiger partial charge is 0.494 e. The van der Waals surface area contributed by atoms with Gasteiger partial charge < -0.3 is 20.9 Å². The van der Waals surface area contributed by atoms with Crippen molar-refractivity contribution >= 4 is 11.6 Å². The van der Waals surface area contributed by atoms with Crippen LogP contribution in [-0.2, 0) is 0 Å². The average Bonchev–Trinajstić information content (AvgIpc) is 2.41. The predicted molar refractivity (Wildman–Crippen MR) is 72.4 cm³/mol. The lowest BCUT2D eigenvalue weighted by Gasteiger charge is -2.11. The molecule has 0 aliphatic rings. The number of anilines is 1. The van der Waals surface area contributed by atoms with E-state index in [0.717, 1.165) is 18.2 Å². The van der Waals surface area contributed by atoms with Crippen molar-refractivity contribution in [2.75, 3.05) is 12.8 Å². The summed E-state index contributed by atoms with van der Waals surface area (Å²) in [5, 5.41) is 0. The van der Waals surface area contributed by atoms with Gasteiger partial charge in [-0.3, -0.25) is 4.79 Å². The molecule has 0 aliphatic heterocycles. The molecule has 1 amide bonds. The Kier molecular flexibility index (Phi) is 3.93. The van der Waals surface area contributed by atoms with E-state index in [9.17, 15) is 13.6 Å². The molecule has 2 aromatic carbocycles. The van der Waals surface area contributed by atoms with Gasteiger partial charge >= 0.3 is 0 Å². The zero-order valence-electron chi connectivity index (χ0n) is 11.0. The summed E-state index contributed by atoms with van der Waals surface area (Å²) in [4.78, 5) is 10.9. The van der Waals surface area contributed by atoms with Crippen molar-refractivity contribution in [1.29, 1.82) is 0 Å². The first kappa shape index (κ1) is 14.6. The van der Waals surface area contributed by atoms with Gasteiger partial charge in [-0.25, -0.2) is 8.78 Å². The molecule has 110 valence electrons. The quantitative estimate of drug-likeness (QED) is 0.848. The van der Waals surface area contributed by atoms with Crippen LogP contribution in [0.1, 0.15) is 10.4 Å². The monoisotopic (exact) mass is 294 g/mol. The molecule has 2 aromatic rings. The predicted octanol–water partition coefficient (Wildman–Crippen LogP) is 2.45. The molecule has 7 heteroatoms. The molecule has 4 N–H and O–H groups in total. The van der Waals surface area contributed by atoms with Gasteiger partial charge in [0.05, 0.1) is 18.4 Å². The Balaban J connectivity index is 2.34. The van der Waals surface area contributed by atoms with Gasteiger partial charge in [-0.15, -0.1) is 0 Å². The van der Waals surface area contributed by atoms with Gasteiger partial charge in [-0.05, 0) is 12.1 Å². The number of ether oxygens (including phenoxy) is 2. The van der Waals surface area contributed by atoms with Crippen molar-refractivity contribution in [1.82, 2.24) is 0 Å². The molecule has 0 saturated carbocycles. The maximum absolute atomic E-state index is 13.7. The lowest BCUT2D eigenvalue weighted by Crippen LogP contribution is -2.12. The van der Waals surface area contributed by atoms with Gasteiger partial charge in [0.2, 0.25) is 0 Å². The summed E-state index contributed by atoms with van der Waals surface area (Å²) < 4.78 is 37.5. The Morgan fingerprint density at radius 1 is 1.10 bits per heavy atom. The highest BCUT2D eigenvalue weighted by Crippen LogP contribution is 2.33. The van der Waals surface area contributed by atoms with Crippen LogP contribution in [0.3, 0.4) is 0 Å². The first-order valence-corrected chi connectivity index (χ1v) is 5.82. The summed E-state index contributed by atoms with van der Waals surface area (Å²) in [5.41, 5.74) is 10.4. The lowest BCUT2D eigenvalue weighted by molar-refractivity contribution is 0.0996. The van der Waals surface area contributed by atoms with E-state index in [-0.39, 0.29) is 28.5 Å². The zero-order chi connectivity index (χ0) is 15.6. The average molecular weight is 294 g/mol. The highest BCUT2D eigenvalue weighted by molar-refractivity contribution is 5.93. The fraction of sp³-hybridized carbons (Fsp3) is 0.0714. The zero-order valence-corrected chi connectivity index (χ0v) is 11.0. The summed E-state index contributed by atoms with van der Waals surface area (Å²) >= 11 is 0. The number of carbonyl (C=O) groups is 1. The van der Waals surface area contributed by atoms with Crippen molar-refractivity contribution in [3.8, 4) is 17.2 Å². The Morgan fingerprint density at radius 3 is 2.38 bits per heavy atom. The van der Waals surface area contributed by atoms with Crippen LogP contribution in [-0.4, -0.2) is 13.0 Å². The van der Waals surface area contributed by atoms with Crippen LogP contribution in [0.4, 0.5) is 14.5 Å². The van der Waals surface area contributed by atoms with E-state index in [1.165, 1.54) is 19.2 Å². The Hall–Kier alpha value is -2.83. The third kappa shape index (κ3) is 3.02. The first-order valence-electron chi connectivity index (χ1n) is 5.82. The molecule has 0 heterocycles. The van der Waals surface area contributed by atoms with Crippen LogP contribution in [0.25, 0.3) is 0 Å². The van der Waals surface area contributed by atoms with E-state index in [4.69, 9.17) is 20.9 Å². The molecule has 21 heavy (non-hydrogen) atoms. The highest BCUT2D eigenvalue weighted by atomic mass is 19.1. The van der Waals surface area contributed by atoms with Gasteiger partial charge in [-0.1, -0.05) is 0 Å². The minimum Gasteiger partial charge on any atom is -0.494 e. The molecule has 0 aliphatic carbocycles. The van der Waals surface area contributed by atoms with Crippen LogP contribution in [0.2, 0.25) is 0 Å². The maximum Gasteiger partial charge on any atom is 0.251 e. The third-order valence-corrected chi connectivity index (χ3v) is 2.72. The fourth-order valence-corrected chi connectivity index (χ4v) is 1.69. The Labute approximate surface area is 119 Å². The van der Waals surface area contributed by atoms with E-state index in [2.05, 4.69) is 0 Å². The van der Waals surface area contributed by atoms with Gasteiger partial charge in [0.15, 0.2) is 11.6 Å². The number of rotatable bonds is 4. The molecule has 0 unspecified atom stereocenters. The molecule has 0 bridgehead atoms. The van der Waals surface area contributed by atoms with Gasteiger partial charge in [0.1, 0.15) is 17.3 Å². The van der Waals surface area contributed by atoms with Crippen LogP contribution >= 0.6 is 0 Å². The number of nitrogens with two attached hydrogens (primary N) is 2. The molecule has 0 spiro atoms. The van der Waals surface area contributed by atoms with E-state index in [1.54, 1.807) is 0 Å². The van der Waals surface area contributed by atoms with Crippen molar-refractivity contribution in [3.63, 3.8) is 0 Å². The summed E-state index contributed by atoms with van der Waals surface area (Å²) in [7, 11) is 1.37. The van der Waals surface area contributed by atoms with Crippen LogP contribution in [0.5, 0.6) is 17.2 Å². The third-order valence-electron chi connectivity index (χ3n) is 2.72. The van der Waals surface area contributed by atoms with E-state index >= 15 is 0 Å². The number of primary amides is 1. The SMILES string of the molecule is COc1cc(Oc2ccc(C(N)=O)c(F)c2)c(F)cc1N. The maximum atomic E-state index is 13.7. The fourth-order valence-electron chi connectivity index (χ4n) is 1.69. The topological polar surface area (TPSA) is 87.6 Å². The number of halogens is 2. The second kappa shape index (κ2) is 5.66. The molecule has 0 atom stereocenters. The van der Waals surface area contributed by atoms with Gasteiger partial charge in [0.25, 0.3) is 5.91 Å². The summed E-state index contributed by atoms with van der Waals surface area (Å²) in [5.74, 6) is -2.45. The number of hydrogen-bond acceptors (Lipinski definition) is 4. The van der Waals surface area contributed by atoms with Crippen LogP contribution in [0, 0.1) is 11.6 Å². The standard InChI is InChI=1S/C14H12F2N2O3/c1-20-13-6-12(10(16)5-11(13)17)21-7-2-3-8(14(18)19)9(15)4-7/h2-6H,17H2,1H3,(H2,18,19). The number of methoxy groups -OCH3 is 1. The summed E-state index contributed by atoms with van der Waals surface area (Å²) in [6, 6.07) is 5.65. The normalized spacial score (nSPS) is 10.2. The molecule has 0 radical (unpaired) electrons. The Morgan fingerprint density at radius 2 is 1.81 bits per heavy atom. The van der Waals surface area contributed by atoms with Gasteiger partial charge in [0, 0.05) is 18.2 Å². The summed E-state index contributed by atoms with van der Waals surface area (Å²) in [6.07, 6.45) is 0. The van der Waals surface area contributed by atoms with Crippen molar-refractivity contribution in [2.45, 2.75) is 0 Å². The number of nitrogen functional groups attached to an aromatic ring is 1. The molecule has 5 nitrogen and oxygen atoms in total. The van der Waals surface area contributed by atoms with E-state index in [1.807, 2.05) is 0 Å². The van der Waals surface area contributed by atoms with Crippen LogP contribution in [0.15, 0.2) is 30.3 Å². The first-order chi connectivity index (χ1) is 9.92. The minimum absolute atomic E-state index is 0.00299.